The van der Waals surface area contributed by atoms with Crippen LogP contribution in [-0.2, 0) is 11.3 Å². The van der Waals surface area contributed by atoms with E-state index in [4.69, 9.17) is 15.2 Å². The van der Waals surface area contributed by atoms with Gasteiger partial charge in [0, 0.05) is 19.2 Å². The van der Waals surface area contributed by atoms with Gasteiger partial charge in [-0.05, 0) is 12.0 Å². The van der Waals surface area contributed by atoms with E-state index in [-0.39, 0.29) is 11.8 Å². The summed E-state index contributed by atoms with van der Waals surface area (Å²) in [5, 5.41) is 0. The SMILES string of the molecule is COc1cccc(CN(C)C(=O)[C@H](N)C(C)C)c1OC. The molecule has 2 N–H and O–H groups in total. The van der Waals surface area contributed by atoms with Crippen molar-refractivity contribution in [2.45, 2.75) is 26.4 Å². The summed E-state index contributed by atoms with van der Waals surface area (Å²) >= 11 is 0. The van der Waals surface area contributed by atoms with Crippen LogP contribution in [0.1, 0.15) is 19.4 Å². The molecule has 0 spiro atoms. The van der Waals surface area contributed by atoms with Gasteiger partial charge in [0.05, 0.1) is 20.3 Å². The number of carbonyl (C=O) groups excluding carboxylic acids is 1. The number of ether oxygens (including phenoxy) is 2. The molecule has 0 aliphatic rings. The fraction of sp³-hybridized carbons (Fsp3) is 0.533. The van der Waals surface area contributed by atoms with Crippen LogP contribution in [0.15, 0.2) is 18.2 Å². The maximum atomic E-state index is 12.2. The fourth-order valence-corrected chi connectivity index (χ4v) is 1.95. The van der Waals surface area contributed by atoms with Crippen LogP contribution in [0.25, 0.3) is 0 Å². The van der Waals surface area contributed by atoms with Crippen molar-refractivity contribution in [2.75, 3.05) is 21.3 Å². The van der Waals surface area contributed by atoms with Crippen LogP contribution in [0.2, 0.25) is 0 Å². The van der Waals surface area contributed by atoms with Gasteiger partial charge >= 0.3 is 0 Å². The highest BCUT2D eigenvalue weighted by atomic mass is 16.5. The first-order valence-electron chi connectivity index (χ1n) is 6.62. The molecule has 0 saturated heterocycles. The Morgan fingerprint density at radius 1 is 1.30 bits per heavy atom. The molecule has 5 nitrogen and oxygen atoms in total. The van der Waals surface area contributed by atoms with Gasteiger partial charge in [0.25, 0.3) is 0 Å². The van der Waals surface area contributed by atoms with Crippen LogP contribution >= 0.6 is 0 Å². The van der Waals surface area contributed by atoms with E-state index in [2.05, 4.69) is 0 Å². The lowest BCUT2D eigenvalue weighted by Crippen LogP contribution is -2.44. The second kappa shape index (κ2) is 7.14. The molecular formula is C15H24N2O3. The lowest BCUT2D eigenvalue weighted by Gasteiger charge is -2.24. The zero-order valence-corrected chi connectivity index (χ0v) is 12.8. The van der Waals surface area contributed by atoms with Crippen molar-refractivity contribution in [3.8, 4) is 11.5 Å². The predicted molar refractivity (Wildman–Crippen MR) is 78.8 cm³/mol. The highest BCUT2D eigenvalue weighted by molar-refractivity contribution is 5.81. The van der Waals surface area contributed by atoms with E-state index in [0.717, 1.165) is 5.56 Å². The minimum atomic E-state index is -0.489. The topological polar surface area (TPSA) is 64.8 Å². The minimum absolute atomic E-state index is 0.0788. The molecule has 112 valence electrons. The molecule has 5 heteroatoms. The van der Waals surface area contributed by atoms with E-state index in [1.807, 2.05) is 32.0 Å². The van der Waals surface area contributed by atoms with Crippen molar-refractivity contribution in [3.05, 3.63) is 23.8 Å². The number of hydrogen-bond donors (Lipinski definition) is 1. The highest BCUT2D eigenvalue weighted by Gasteiger charge is 2.22. The zero-order chi connectivity index (χ0) is 15.3. The summed E-state index contributed by atoms with van der Waals surface area (Å²) in [5.74, 6) is 1.33. The van der Waals surface area contributed by atoms with Gasteiger partial charge in [-0.25, -0.2) is 0 Å². The van der Waals surface area contributed by atoms with Crippen LogP contribution in [0.3, 0.4) is 0 Å². The lowest BCUT2D eigenvalue weighted by molar-refractivity contribution is -0.132. The predicted octanol–water partition coefficient (Wildman–Crippen LogP) is 1.65. The summed E-state index contributed by atoms with van der Waals surface area (Å²) in [6.07, 6.45) is 0. The summed E-state index contributed by atoms with van der Waals surface area (Å²) in [5.41, 5.74) is 6.78. The van der Waals surface area contributed by atoms with E-state index in [1.54, 1.807) is 26.2 Å². The fourth-order valence-electron chi connectivity index (χ4n) is 1.95. The Balaban J connectivity index is 2.90. The summed E-state index contributed by atoms with van der Waals surface area (Å²) < 4.78 is 10.6. The van der Waals surface area contributed by atoms with Crippen LogP contribution in [0, 0.1) is 5.92 Å². The third-order valence-electron chi connectivity index (χ3n) is 3.27. The Labute approximate surface area is 120 Å². The molecule has 1 aromatic rings. The smallest absolute Gasteiger partial charge is 0.239 e. The number of nitrogens with two attached hydrogens (primary N) is 1. The van der Waals surface area contributed by atoms with E-state index in [0.29, 0.717) is 18.0 Å². The number of benzene rings is 1. The molecule has 0 radical (unpaired) electrons. The van der Waals surface area contributed by atoms with Crippen molar-refractivity contribution in [1.82, 2.24) is 4.90 Å². The van der Waals surface area contributed by atoms with Crippen LogP contribution in [0.4, 0.5) is 0 Å². The maximum absolute atomic E-state index is 12.2. The van der Waals surface area contributed by atoms with Gasteiger partial charge in [0.2, 0.25) is 5.91 Å². The van der Waals surface area contributed by atoms with Gasteiger partial charge in [-0.2, -0.15) is 0 Å². The number of rotatable bonds is 6. The lowest BCUT2D eigenvalue weighted by atomic mass is 10.0. The van der Waals surface area contributed by atoms with E-state index < -0.39 is 6.04 Å². The average molecular weight is 280 g/mol. The van der Waals surface area contributed by atoms with Gasteiger partial charge < -0.3 is 20.1 Å². The number of nitrogens with zero attached hydrogens (tertiary/aromatic N) is 1. The summed E-state index contributed by atoms with van der Waals surface area (Å²) in [4.78, 5) is 13.8. The van der Waals surface area contributed by atoms with Gasteiger partial charge in [-0.3, -0.25) is 4.79 Å². The highest BCUT2D eigenvalue weighted by Crippen LogP contribution is 2.31. The van der Waals surface area contributed by atoms with Crippen LogP contribution in [0.5, 0.6) is 11.5 Å². The molecular weight excluding hydrogens is 256 g/mol. The normalized spacial score (nSPS) is 12.2. The average Bonchev–Trinajstić information content (AvgIpc) is 2.44. The molecule has 1 atom stereocenters. The minimum Gasteiger partial charge on any atom is -0.493 e. The molecule has 0 saturated carbocycles. The molecule has 0 aliphatic heterocycles. The largest absolute Gasteiger partial charge is 0.493 e. The van der Waals surface area contributed by atoms with E-state index >= 15 is 0 Å². The molecule has 1 amide bonds. The Hall–Kier alpha value is -1.75. The summed E-state index contributed by atoms with van der Waals surface area (Å²) in [7, 11) is 4.91. The number of carbonyl (C=O) groups is 1. The molecule has 0 aliphatic carbocycles. The Morgan fingerprint density at radius 3 is 2.45 bits per heavy atom. The molecule has 20 heavy (non-hydrogen) atoms. The van der Waals surface area contributed by atoms with Gasteiger partial charge in [-0.1, -0.05) is 26.0 Å². The third kappa shape index (κ3) is 3.63. The van der Waals surface area contributed by atoms with Crippen molar-refractivity contribution in [2.24, 2.45) is 11.7 Å². The first kappa shape index (κ1) is 16.3. The summed E-state index contributed by atoms with van der Waals surface area (Å²) in [6.45, 7) is 4.30. The second-order valence-corrected chi connectivity index (χ2v) is 5.12. The second-order valence-electron chi connectivity index (χ2n) is 5.12. The first-order chi connectivity index (χ1) is 9.42. The number of hydrogen-bond acceptors (Lipinski definition) is 4. The quantitative estimate of drug-likeness (QED) is 0.860. The Morgan fingerprint density at radius 2 is 1.95 bits per heavy atom. The number of methoxy groups -OCH3 is 2. The monoisotopic (exact) mass is 280 g/mol. The number of para-hydroxylation sites is 1. The standard InChI is InChI=1S/C15H24N2O3/c1-10(2)13(16)15(18)17(3)9-11-7-6-8-12(19-4)14(11)20-5/h6-8,10,13H,9,16H2,1-5H3/t13-/m1/s1. The van der Waals surface area contributed by atoms with Crippen molar-refractivity contribution < 1.29 is 14.3 Å². The maximum Gasteiger partial charge on any atom is 0.239 e. The van der Waals surface area contributed by atoms with Gasteiger partial charge in [0.1, 0.15) is 0 Å². The van der Waals surface area contributed by atoms with Crippen molar-refractivity contribution >= 4 is 5.91 Å². The van der Waals surface area contributed by atoms with Crippen LogP contribution < -0.4 is 15.2 Å². The third-order valence-corrected chi connectivity index (χ3v) is 3.27. The molecule has 1 aromatic carbocycles. The summed E-state index contributed by atoms with van der Waals surface area (Å²) in [6, 6.07) is 5.12. The zero-order valence-electron chi connectivity index (χ0n) is 12.8. The van der Waals surface area contributed by atoms with E-state index in [1.165, 1.54) is 0 Å². The van der Waals surface area contributed by atoms with Crippen molar-refractivity contribution in [3.63, 3.8) is 0 Å². The molecule has 1 rings (SSSR count). The molecule has 0 unspecified atom stereocenters. The Kier molecular flexibility index (Phi) is 5.82. The molecule has 0 aromatic heterocycles. The number of likely N-dealkylation sites (N-methyl/N-ethyl adjacent to an activating group) is 1. The van der Waals surface area contributed by atoms with Gasteiger partial charge in [-0.15, -0.1) is 0 Å². The number of amides is 1. The van der Waals surface area contributed by atoms with E-state index in [9.17, 15) is 4.79 Å². The van der Waals surface area contributed by atoms with Gasteiger partial charge in [0.15, 0.2) is 11.5 Å². The van der Waals surface area contributed by atoms with Crippen LogP contribution in [-0.4, -0.2) is 38.1 Å². The Bertz CT molecular complexity index is 460. The first-order valence-corrected chi connectivity index (χ1v) is 6.62. The van der Waals surface area contributed by atoms with Crippen molar-refractivity contribution in [1.29, 1.82) is 0 Å². The molecule has 0 heterocycles. The molecule has 0 fully saturated rings. The molecule has 0 bridgehead atoms.